The number of H-pyrrole nitrogens is 1. The number of aryl methyl sites for hydroxylation is 1. The molecule has 0 unspecified atom stereocenters. The monoisotopic (exact) mass is 541 g/mol. The summed E-state index contributed by atoms with van der Waals surface area (Å²) in [6.07, 6.45) is 5.86. The van der Waals surface area contributed by atoms with Gasteiger partial charge in [-0.1, -0.05) is 6.07 Å². The van der Waals surface area contributed by atoms with E-state index in [0.717, 1.165) is 96.4 Å². The Kier molecular flexibility index (Phi) is 6.32. The topological polar surface area (TPSA) is 123 Å². The van der Waals surface area contributed by atoms with Crippen molar-refractivity contribution in [1.82, 2.24) is 34.8 Å². The molecule has 4 N–H and O–H groups in total. The van der Waals surface area contributed by atoms with E-state index in [1.54, 1.807) is 6.07 Å². The molecule has 5 aromatic rings. The minimum Gasteiger partial charge on any atom is -0.383 e. The van der Waals surface area contributed by atoms with Crippen LogP contribution in [0.15, 0.2) is 42.7 Å². The van der Waals surface area contributed by atoms with Gasteiger partial charge in [0.05, 0.1) is 30.2 Å². The quantitative estimate of drug-likeness (QED) is 0.285. The first-order valence-electron chi connectivity index (χ1n) is 13.9. The van der Waals surface area contributed by atoms with Crippen molar-refractivity contribution in [2.24, 2.45) is 0 Å². The second-order valence-corrected chi connectivity index (χ2v) is 10.8. The first kappa shape index (κ1) is 24.9. The van der Waals surface area contributed by atoms with Gasteiger partial charge in [-0.2, -0.15) is 10.2 Å². The van der Waals surface area contributed by atoms with Gasteiger partial charge >= 0.3 is 0 Å². The van der Waals surface area contributed by atoms with Gasteiger partial charge < -0.3 is 15.8 Å². The average molecular weight is 542 g/mol. The maximum absolute atomic E-state index is 13.6. The van der Waals surface area contributed by atoms with Crippen LogP contribution in [0.2, 0.25) is 0 Å². The predicted molar refractivity (Wildman–Crippen MR) is 153 cm³/mol. The Bertz CT molecular complexity index is 1680. The van der Waals surface area contributed by atoms with Crippen LogP contribution < -0.4 is 11.1 Å². The molecule has 206 valence electrons. The van der Waals surface area contributed by atoms with Crippen molar-refractivity contribution in [2.75, 3.05) is 37.4 Å². The summed E-state index contributed by atoms with van der Waals surface area (Å²) in [5.74, 6) is 0.832. The van der Waals surface area contributed by atoms with Crippen LogP contribution in [0.1, 0.15) is 37.3 Å². The summed E-state index contributed by atoms with van der Waals surface area (Å²) in [5, 5.41) is 17.7. The molecule has 1 aliphatic carbocycles. The van der Waals surface area contributed by atoms with Crippen molar-refractivity contribution in [2.45, 2.75) is 44.7 Å². The molecule has 0 spiro atoms. The number of benzene rings is 2. The summed E-state index contributed by atoms with van der Waals surface area (Å²) in [5.41, 5.74) is 11.3. The summed E-state index contributed by atoms with van der Waals surface area (Å²) in [7, 11) is 0. The van der Waals surface area contributed by atoms with Gasteiger partial charge in [-0.15, -0.1) is 0 Å². The number of aromatic amines is 1. The molecular weight excluding hydrogens is 509 g/mol. The van der Waals surface area contributed by atoms with E-state index < -0.39 is 0 Å². The lowest BCUT2D eigenvalue weighted by atomic mass is 9.90. The van der Waals surface area contributed by atoms with Crippen molar-refractivity contribution in [3.8, 4) is 11.3 Å². The number of morpholine rings is 1. The average Bonchev–Trinajstić information content (AvgIpc) is 3.57. The molecule has 10 nitrogen and oxygen atoms in total. The zero-order chi connectivity index (χ0) is 27.2. The second kappa shape index (κ2) is 10.1. The largest absolute Gasteiger partial charge is 0.383 e. The molecule has 1 aliphatic heterocycles. The van der Waals surface area contributed by atoms with Crippen LogP contribution >= 0.6 is 0 Å². The van der Waals surface area contributed by atoms with E-state index in [0.29, 0.717) is 17.7 Å². The van der Waals surface area contributed by atoms with Gasteiger partial charge in [0.1, 0.15) is 23.7 Å². The van der Waals surface area contributed by atoms with E-state index in [2.05, 4.69) is 35.1 Å². The molecule has 0 bridgehead atoms. The third-order valence-electron chi connectivity index (χ3n) is 8.37. The third-order valence-corrected chi connectivity index (χ3v) is 8.37. The van der Waals surface area contributed by atoms with Crippen LogP contribution in [0.4, 0.5) is 21.7 Å². The van der Waals surface area contributed by atoms with Gasteiger partial charge in [-0.25, -0.2) is 19.0 Å². The lowest BCUT2D eigenvalue weighted by Crippen LogP contribution is -2.45. The molecular formula is C29H32FN9O. The number of hydrogen-bond donors (Lipinski definition) is 3. The Balaban J connectivity index is 1.19. The maximum Gasteiger partial charge on any atom is 0.164 e. The number of nitrogen functional groups attached to an aromatic ring is 1. The van der Waals surface area contributed by atoms with Gasteiger partial charge in [-0.3, -0.25) is 10.00 Å². The third kappa shape index (κ3) is 4.44. The minimum absolute atomic E-state index is 0.258. The SMILES string of the molecule is Cc1cc(F)ccc1Nc1n[nH]c2cc(-c3nn([C@H]4CC[C@H](N5CCOCC5)CC4)c4ncnc(N)c34)ccc12. The van der Waals surface area contributed by atoms with E-state index in [4.69, 9.17) is 15.6 Å². The summed E-state index contributed by atoms with van der Waals surface area (Å²) in [4.78, 5) is 11.5. The van der Waals surface area contributed by atoms with Gasteiger partial charge in [0.15, 0.2) is 11.5 Å². The van der Waals surface area contributed by atoms with Crippen LogP contribution in [0.25, 0.3) is 33.2 Å². The van der Waals surface area contributed by atoms with E-state index in [1.165, 1.54) is 18.5 Å². The number of anilines is 3. The Labute approximate surface area is 230 Å². The minimum atomic E-state index is -0.264. The lowest BCUT2D eigenvalue weighted by molar-refractivity contribution is 0.00520. The first-order valence-corrected chi connectivity index (χ1v) is 13.9. The Morgan fingerprint density at radius 3 is 2.62 bits per heavy atom. The van der Waals surface area contributed by atoms with E-state index in [-0.39, 0.29) is 11.9 Å². The van der Waals surface area contributed by atoms with E-state index in [9.17, 15) is 4.39 Å². The summed E-state index contributed by atoms with van der Waals surface area (Å²) >= 11 is 0. The first-order chi connectivity index (χ1) is 19.5. The summed E-state index contributed by atoms with van der Waals surface area (Å²) < 4.78 is 21.2. The number of nitrogens with two attached hydrogens (primary N) is 1. The van der Waals surface area contributed by atoms with E-state index in [1.807, 2.05) is 25.1 Å². The van der Waals surface area contributed by atoms with Gasteiger partial charge in [0, 0.05) is 35.8 Å². The Morgan fingerprint density at radius 1 is 1.02 bits per heavy atom. The maximum atomic E-state index is 13.6. The molecule has 40 heavy (non-hydrogen) atoms. The fourth-order valence-corrected chi connectivity index (χ4v) is 6.22. The molecule has 11 heteroatoms. The number of rotatable bonds is 5. The number of nitrogens with zero attached hydrogens (tertiary/aromatic N) is 6. The number of ether oxygens (including phenoxy) is 1. The van der Waals surface area contributed by atoms with Gasteiger partial charge in [0.25, 0.3) is 0 Å². The molecule has 2 fully saturated rings. The molecule has 1 saturated carbocycles. The summed E-state index contributed by atoms with van der Waals surface area (Å²) in [6, 6.07) is 11.6. The van der Waals surface area contributed by atoms with Crippen LogP contribution in [0.3, 0.4) is 0 Å². The fraction of sp³-hybridized carbons (Fsp3) is 0.379. The zero-order valence-corrected chi connectivity index (χ0v) is 22.4. The molecule has 0 amide bonds. The highest BCUT2D eigenvalue weighted by Crippen LogP contribution is 2.38. The molecule has 2 aliphatic rings. The number of fused-ring (bicyclic) bond motifs is 2. The second-order valence-electron chi connectivity index (χ2n) is 10.8. The molecule has 0 radical (unpaired) electrons. The fourth-order valence-electron chi connectivity index (χ4n) is 6.22. The predicted octanol–water partition coefficient (Wildman–Crippen LogP) is 4.96. The lowest BCUT2D eigenvalue weighted by Gasteiger charge is -2.38. The highest BCUT2D eigenvalue weighted by Gasteiger charge is 2.30. The highest BCUT2D eigenvalue weighted by atomic mass is 19.1. The van der Waals surface area contributed by atoms with Crippen molar-refractivity contribution in [3.63, 3.8) is 0 Å². The molecule has 2 aromatic carbocycles. The van der Waals surface area contributed by atoms with Crippen molar-refractivity contribution in [3.05, 3.63) is 54.1 Å². The molecule has 4 heterocycles. The smallest absolute Gasteiger partial charge is 0.164 e. The van der Waals surface area contributed by atoms with Crippen molar-refractivity contribution < 1.29 is 9.13 Å². The van der Waals surface area contributed by atoms with Gasteiger partial charge in [-0.05, 0) is 68.5 Å². The summed E-state index contributed by atoms with van der Waals surface area (Å²) in [6.45, 7) is 5.55. The normalized spacial score (nSPS) is 20.4. The molecule has 3 aromatic heterocycles. The highest BCUT2D eigenvalue weighted by molar-refractivity contribution is 6.01. The Hall–Kier alpha value is -4.09. The molecule has 0 atom stereocenters. The van der Waals surface area contributed by atoms with Crippen LogP contribution in [0, 0.1) is 12.7 Å². The van der Waals surface area contributed by atoms with Crippen molar-refractivity contribution in [1.29, 1.82) is 0 Å². The van der Waals surface area contributed by atoms with Crippen LogP contribution in [0.5, 0.6) is 0 Å². The number of halogens is 1. The van der Waals surface area contributed by atoms with E-state index >= 15 is 0 Å². The van der Waals surface area contributed by atoms with Crippen LogP contribution in [-0.4, -0.2) is 67.2 Å². The van der Waals surface area contributed by atoms with Gasteiger partial charge in [0.2, 0.25) is 0 Å². The number of hydrogen-bond acceptors (Lipinski definition) is 8. The molecule has 7 rings (SSSR count). The van der Waals surface area contributed by atoms with Crippen LogP contribution in [-0.2, 0) is 4.74 Å². The number of aromatic nitrogens is 6. The number of nitrogens with one attached hydrogen (secondary N) is 2. The van der Waals surface area contributed by atoms with Crippen molar-refractivity contribution >= 4 is 39.3 Å². The molecule has 1 saturated heterocycles. The zero-order valence-electron chi connectivity index (χ0n) is 22.4. The standard InChI is InChI=1S/C29H32FN9O/c1-17-14-19(30)3-9-23(17)34-28-22-8-2-18(15-24(22)35-36-28)26-25-27(31)32-16-33-29(25)39(37-26)21-6-4-20(5-7-21)38-10-12-40-13-11-38/h2-3,8-9,14-16,20-21H,4-7,10-13H2,1H3,(H2,31,32,33)(H2,34,35,36)/t20-,21-. The Morgan fingerprint density at radius 2 is 1.82 bits per heavy atom.